The number of ether oxygens (including phenoxy) is 2. The van der Waals surface area contributed by atoms with Gasteiger partial charge in [0.25, 0.3) is 0 Å². The quantitative estimate of drug-likeness (QED) is 0.417. The van der Waals surface area contributed by atoms with Gasteiger partial charge in [-0.15, -0.1) is 0 Å². The number of hydrogen-bond donors (Lipinski definition) is 0. The summed E-state index contributed by atoms with van der Waals surface area (Å²) in [4.78, 5) is 0. The fraction of sp³-hybridized carbons (Fsp3) is 0.500. The summed E-state index contributed by atoms with van der Waals surface area (Å²) in [5.41, 5.74) is 1.01. The van der Waals surface area contributed by atoms with Crippen LogP contribution >= 0.6 is 0 Å². The Labute approximate surface area is 117 Å². The van der Waals surface area contributed by atoms with Crippen molar-refractivity contribution in [3.63, 3.8) is 0 Å². The van der Waals surface area contributed by atoms with Crippen molar-refractivity contribution in [2.24, 2.45) is 0 Å². The summed E-state index contributed by atoms with van der Waals surface area (Å²) in [5.74, 6) is 0.897. The van der Waals surface area contributed by atoms with Gasteiger partial charge in [0, 0.05) is 6.61 Å². The molecule has 0 atom stereocenters. The number of hydrogen-bond acceptors (Lipinski definition) is 2. The Morgan fingerprint density at radius 1 is 1.12 bits per heavy atom. The minimum Gasteiger partial charge on any atom is -0.488 e. The monoisotopic (exact) mass is 228 g/mol. The maximum Gasteiger partial charge on any atom is 1.00 e. The summed E-state index contributed by atoms with van der Waals surface area (Å²) in [6.45, 7) is 11.2. The van der Waals surface area contributed by atoms with E-state index in [4.69, 9.17) is 9.47 Å². The molecule has 0 amide bonds. The molecule has 0 unspecified atom stereocenters. The Morgan fingerprint density at radius 3 is 2.18 bits per heavy atom. The van der Waals surface area contributed by atoms with Gasteiger partial charge in [-0.1, -0.05) is 12.1 Å². The van der Waals surface area contributed by atoms with Crippen LogP contribution in [0.1, 0.15) is 32.8 Å². The molecular weight excluding hydrogens is 207 g/mol. The van der Waals surface area contributed by atoms with Gasteiger partial charge in [-0.2, -0.15) is 6.42 Å². The van der Waals surface area contributed by atoms with Crippen molar-refractivity contribution in [1.82, 2.24) is 0 Å². The summed E-state index contributed by atoms with van der Waals surface area (Å²) < 4.78 is 11.1. The van der Waals surface area contributed by atoms with E-state index in [2.05, 4.69) is 6.92 Å². The Balaban J connectivity index is 0.00000256. The topological polar surface area (TPSA) is 18.5 Å². The first-order valence-electron chi connectivity index (χ1n) is 5.66. The largest absolute Gasteiger partial charge is 1.00 e. The van der Waals surface area contributed by atoms with Crippen LogP contribution in [0.4, 0.5) is 0 Å². The zero-order valence-electron chi connectivity index (χ0n) is 11.5. The molecule has 0 saturated heterocycles. The van der Waals surface area contributed by atoms with Crippen LogP contribution in [0, 0.1) is 6.92 Å². The smallest absolute Gasteiger partial charge is 0.488 e. The molecule has 1 aromatic carbocycles. The predicted octanol–water partition coefficient (Wildman–Crippen LogP) is 0.609. The molecule has 2 nitrogen and oxygen atoms in total. The Morgan fingerprint density at radius 2 is 1.71 bits per heavy atom. The molecule has 0 aliphatic heterocycles. The summed E-state index contributed by atoms with van der Waals surface area (Å²) in [7, 11) is 0. The fourth-order valence-electron chi connectivity index (χ4n) is 1.30. The molecule has 17 heavy (non-hydrogen) atoms. The van der Waals surface area contributed by atoms with Crippen molar-refractivity contribution in [3.05, 3.63) is 36.8 Å². The third-order valence-electron chi connectivity index (χ3n) is 1.90. The molecule has 0 fully saturated rings. The van der Waals surface area contributed by atoms with E-state index in [1.807, 2.05) is 45.0 Å². The van der Waals surface area contributed by atoms with Gasteiger partial charge in [-0.05, 0) is 38.5 Å². The van der Waals surface area contributed by atoms with Crippen molar-refractivity contribution in [2.45, 2.75) is 39.4 Å². The standard InChI is InChI=1S/C14H21O2.Li/c1-5-10-15-11-12-6-8-13(9-7-12)16-14(2,3)4;/h6-9H,1,5,10-11H2,2-4H3;/q-1;+1. The molecule has 0 heterocycles. The average Bonchev–Trinajstić information content (AvgIpc) is 2.19. The van der Waals surface area contributed by atoms with Gasteiger partial charge in [-0.3, -0.25) is 0 Å². The minimum atomic E-state index is -0.147. The van der Waals surface area contributed by atoms with Crippen molar-refractivity contribution in [3.8, 4) is 5.75 Å². The van der Waals surface area contributed by atoms with E-state index >= 15 is 0 Å². The second-order valence-electron chi connectivity index (χ2n) is 4.76. The molecule has 0 aliphatic rings. The second-order valence-corrected chi connectivity index (χ2v) is 4.76. The molecule has 0 aliphatic carbocycles. The van der Waals surface area contributed by atoms with Crippen LogP contribution < -0.4 is 23.6 Å². The molecule has 1 aromatic rings. The van der Waals surface area contributed by atoms with E-state index in [-0.39, 0.29) is 24.5 Å². The van der Waals surface area contributed by atoms with Crippen LogP contribution in [0.15, 0.2) is 24.3 Å². The number of rotatable bonds is 5. The maximum atomic E-state index is 5.73. The SMILES string of the molecule is [CH2-]CCOCc1ccc(OC(C)(C)C)cc1.[Li+]. The van der Waals surface area contributed by atoms with Crippen molar-refractivity contribution >= 4 is 0 Å². The molecule has 90 valence electrons. The van der Waals surface area contributed by atoms with Crippen LogP contribution in [0.3, 0.4) is 0 Å². The van der Waals surface area contributed by atoms with Crippen LogP contribution in [-0.2, 0) is 11.3 Å². The van der Waals surface area contributed by atoms with E-state index in [1.165, 1.54) is 0 Å². The average molecular weight is 228 g/mol. The first kappa shape index (κ1) is 16.6. The van der Waals surface area contributed by atoms with E-state index in [0.717, 1.165) is 17.7 Å². The molecule has 0 N–H and O–H groups in total. The van der Waals surface area contributed by atoms with Crippen LogP contribution in [0.2, 0.25) is 0 Å². The molecule has 0 radical (unpaired) electrons. The molecule has 1 rings (SSSR count). The zero-order valence-corrected chi connectivity index (χ0v) is 11.5. The molecule has 0 bridgehead atoms. The Kier molecular flexibility index (Phi) is 7.62. The van der Waals surface area contributed by atoms with Crippen LogP contribution in [0.5, 0.6) is 5.75 Å². The molecule has 0 aromatic heterocycles. The second kappa shape index (κ2) is 7.82. The Hall–Kier alpha value is -0.423. The summed E-state index contributed by atoms with van der Waals surface area (Å²) in [5, 5.41) is 0. The van der Waals surface area contributed by atoms with Crippen molar-refractivity contribution < 1.29 is 28.3 Å². The summed E-state index contributed by atoms with van der Waals surface area (Å²) in [6.07, 6.45) is 0.811. The summed E-state index contributed by atoms with van der Waals surface area (Å²) >= 11 is 0. The van der Waals surface area contributed by atoms with E-state index in [0.29, 0.717) is 13.2 Å². The third-order valence-corrected chi connectivity index (χ3v) is 1.90. The minimum absolute atomic E-state index is 0. The van der Waals surface area contributed by atoms with E-state index in [9.17, 15) is 0 Å². The summed E-state index contributed by atoms with van der Waals surface area (Å²) in [6, 6.07) is 8.02. The van der Waals surface area contributed by atoms with E-state index < -0.39 is 0 Å². The van der Waals surface area contributed by atoms with Gasteiger partial charge in [0.1, 0.15) is 11.4 Å². The van der Waals surface area contributed by atoms with Crippen molar-refractivity contribution in [2.75, 3.05) is 6.61 Å². The predicted molar refractivity (Wildman–Crippen MR) is 66.5 cm³/mol. The molecule has 3 heteroatoms. The van der Waals surface area contributed by atoms with Gasteiger partial charge in [0.15, 0.2) is 0 Å². The first-order valence-corrected chi connectivity index (χ1v) is 5.66. The van der Waals surface area contributed by atoms with Gasteiger partial charge < -0.3 is 16.4 Å². The number of benzene rings is 1. The van der Waals surface area contributed by atoms with Gasteiger partial charge in [0.2, 0.25) is 0 Å². The van der Waals surface area contributed by atoms with Gasteiger partial charge in [0.05, 0.1) is 6.61 Å². The molecule has 0 saturated carbocycles. The third kappa shape index (κ3) is 7.49. The van der Waals surface area contributed by atoms with Crippen LogP contribution in [0.25, 0.3) is 0 Å². The zero-order chi connectivity index (χ0) is 12.0. The van der Waals surface area contributed by atoms with Crippen LogP contribution in [-0.4, -0.2) is 12.2 Å². The van der Waals surface area contributed by atoms with Gasteiger partial charge >= 0.3 is 18.9 Å². The maximum absolute atomic E-state index is 5.73. The normalized spacial score (nSPS) is 10.8. The fourth-order valence-corrected chi connectivity index (χ4v) is 1.30. The first-order chi connectivity index (χ1) is 7.51. The Bertz CT molecular complexity index is 301. The molecule has 0 spiro atoms. The van der Waals surface area contributed by atoms with Crippen molar-refractivity contribution in [1.29, 1.82) is 0 Å². The molecular formula is C14H21LiO2. The van der Waals surface area contributed by atoms with E-state index in [1.54, 1.807) is 0 Å². The van der Waals surface area contributed by atoms with Gasteiger partial charge in [-0.25, -0.2) is 0 Å².